The highest BCUT2D eigenvalue weighted by Gasteiger charge is 1.87. The summed E-state index contributed by atoms with van der Waals surface area (Å²) in [5, 5.41) is 8.79. The molecule has 1 rings (SSSR count). The van der Waals surface area contributed by atoms with E-state index in [1.54, 1.807) is 31.2 Å². The first-order chi connectivity index (χ1) is 6.57. The van der Waals surface area contributed by atoms with E-state index in [1.807, 2.05) is 0 Å². The van der Waals surface area contributed by atoms with Gasteiger partial charge in [-0.1, -0.05) is 12.1 Å². The molecule has 0 saturated carbocycles. The molecule has 0 spiro atoms. The summed E-state index contributed by atoms with van der Waals surface area (Å²) in [6.45, 7) is 3.65. The van der Waals surface area contributed by atoms with Crippen LogP contribution in [0.2, 0.25) is 0 Å². The lowest BCUT2D eigenvalue weighted by Crippen LogP contribution is -1.95. The lowest BCUT2D eigenvalue weighted by Gasteiger charge is -1.92. The van der Waals surface area contributed by atoms with Crippen LogP contribution in [0.15, 0.2) is 24.3 Å². The first kappa shape index (κ1) is 12.3. The number of phenolic OH excluding ortho intramolecular Hbond substituents is 1. The lowest BCUT2D eigenvalue weighted by atomic mass is 10.3. The summed E-state index contributed by atoms with van der Waals surface area (Å²) in [5.41, 5.74) is 5.69. The molecule has 4 nitrogen and oxygen atoms in total. The minimum absolute atomic E-state index is 0.146. The summed E-state index contributed by atoms with van der Waals surface area (Å²) >= 11 is 0. The average Bonchev–Trinajstić information content (AvgIpc) is 2.11. The minimum Gasteiger partial charge on any atom is -0.506 e. The zero-order valence-corrected chi connectivity index (χ0v) is 8.36. The SMILES string of the molecule is CCOC(C)=O.Nc1ccccc1O. The first-order valence-corrected chi connectivity index (χ1v) is 4.24. The molecule has 0 aliphatic rings. The van der Waals surface area contributed by atoms with E-state index in [1.165, 1.54) is 6.92 Å². The third kappa shape index (κ3) is 5.88. The molecule has 0 aromatic heterocycles. The predicted octanol–water partition coefficient (Wildman–Crippen LogP) is 1.54. The number of benzene rings is 1. The van der Waals surface area contributed by atoms with E-state index in [-0.39, 0.29) is 11.7 Å². The van der Waals surface area contributed by atoms with Gasteiger partial charge in [0.25, 0.3) is 0 Å². The molecule has 3 N–H and O–H groups in total. The molecule has 0 heterocycles. The number of para-hydroxylation sites is 2. The van der Waals surface area contributed by atoms with E-state index < -0.39 is 0 Å². The van der Waals surface area contributed by atoms with Crippen molar-refractivity contribution in [1.29, 1.82) is 0 Å². The molecule has 0 fully saturated rings. The summed E-state index contributed by atoms with van der Waals surface area (Å²) in [4.78, 5) is 9.82. The van der Waals surface area contributed by atoms with Crippen molar-refractivity contribution >= 4 is 11.7 Å². The fourth-order valence-corrected chi connectivity index (χ4v) is 0.691. The highest BCUT2D eigenvalue weighted by molar-refractivity contribution is 5.65. The zero-order chi connectivity index (χ0) is 11.0. The monoisotopic (exact) mass is 197 g/mol. The van der Waals surface area contributed by atoms with Crippen molar-refractivity contribution in [2.24, 2.45) is 0 Å². The number of ether oxygens (including phenoxy) is 1. The Morgan fingerprint density at radius 1 is 1.50 bits per heavy atom. The van der Waals surface area contributed by atoms with Gasteiger partial charge in [0, 0.05) is 6.92 Å². The van der Waals surface area contributed by atoms with Crippen molar-refractivity contribution in [2.45, 2.75) is 13.8 Å². The number of nitrogens with two attached hydrogens (primary N) is 1. The van der Waals surface area contributed by atoms with Gasteiger partial charge < -0.3 is 15.6 Å². The molecule has 0 saturated heterocycles. The number of hydrogen-bond acceptors (Lipinski definition) is 4. The molecule has 1 aromatic carbocycles. The fraction of sp³-hybridized carbons (Fsp3) is 0.300. The highest BCUT2D eigenvalue weighted by atomic mass is 16.5. The summed E-state index contributed by atoms with van der Waals surface area (Å²) in [7, 11) is 0. The Bertz CT molecular complexity index is 265. The Hall–Kier alpha value is -1.71. The van der Waals surface area contributed by atoms with Crippen LogP contribution in [-0.2, 0) is 9.53 Å². The highest BCUT2D eigenvalue weighted by Crippen LogP contribution is 2.16. The lowest BCUT2D eigenvalue weighted by molar-refractivity contribution is -0.140. The number of phenols is 1. The Labute approximate surface area is 83.3 Å². The number of carbonyl (C=O) groups is 1. The number of rotatable bonds is 1. The van der Waals surface area contributed by atoms with Crippen LogP contribution in [-0.4, -0.2) is 17.7 Å². The van der Waals surface area contributed by atoms with Crippen molar-refractivity contribution in [3.05, 3.63) is 24.3 Å². The van der Waals surface area contributed by atoms with Crippen LogP contribution in [0.25, 0.3) is 0 Å². The van der Waals surface area contributed by atoms with Gasteiger partial charge in [-0.2, -0.15) is 0 Å². The van der Waals surface area contributed by atoms with Crippen LogP contribution < -0.4 is 5.73 Å². The Morgan fingerprint density at radius 3 is 2.29 bits per heavy atom. The summed E-state index contributed by atoms with van der Waals surface area (Å²) in [5.74, 6) is -0.0648. The normalized spacial score (nSPS) is 8.43. The third-order valence-corrected chi connectivity index (χ3v) is 1.28. The van der Waals surface area contributed by atoms with Gasteiger partial charge in [-0.15, -0.1) is 0 Å². The number of aromatic hydroxyl groups is 1. The van der Waals surface area contributed by atoms with Gasteiger partial charge in [0.15, 0.2) is 0 Å². The van der Waals surface area contributed by atoms with Gasteiger partial charge in [0.2, 0.25) is 0 Å². The molecule has 0 atom stereocenters. The standard InChI is InChI=1S/C6H7NO.C4H8O2/c7-5-3-1-2-4-6(5)8;1-3-6-4(2)5/h1-4,8H,7H2;3H2,1-2H3. The van der Waals surface area contributed by atoms with Gasteiger partial charge in [-0.3, -0.25) is 4.79 Å². The van der Waals surface area contributed by atoms with Crippen LogP contribution in [0.1, 0.15) is 13.8 Å². The van der Waals surface area contributed by atoms with Crippen LogP contribution in [0.5, 0.6) is 5.75 Å². The second-order valence-electron chi connectivity index (χ2n) is 2.48. The van der Waals surface area contributed by atoms with Gasteiger partial charge >= 0.3 is 5.97 Å². The van der Waals surface area contributed by atoms with Crippen molar-refractivity contribution < 1.29 is 14.6 Å². The Morgan fingerprint density at radius 2 is 2.07 bits per heavy atom. The Balaban J connectivity index is 0.000000255. The molecular formula is C10H15NO3. The number of hydrogen-bond donors (Lipinski definition) is 2. The molecule has 4 heteroatoms. The van der Waals surface area contributed by atoms with E-state index in [0.717, 1.165) is 0 Å². The largest absolute Gasteiger partial charge is 0.506 e. The molecule has 0 aliphatic heterocycles. The van der Waals surface area contributed by atoms with E-state index in [4.69, 9.17) is 10.8 Å². The minimum atomic E-state index is -0.211. The van der Waals surface area contributed by atoms with Crippen molar-refractivity contribution in [3.63, 3.8) is 0 Å². The van der Waals surface area contributed by atoms with Crippen LogP contribution in [0, 0.1) is 0 Å². The molecule has 78 valence electrons. The van der Waals surface area contributed by atoms with Crippen LogP contribution >= 0.6 is 0 Å². The predicted molar refractivity (Wildman–Crippen MR) is 54.8 cm³/mol. The summed E-state index contributed by atoms with van der Waals surface area (Å²) < 4.78 is 4.40. The van der Waals surface area contributed by atoms with E-state index in [2.05, 4.69) is 4.74 Å². The quantitative estimate of drug-likeness (QED) is 0.407. The number of anilines is 1. The second kappa shape index (κ2) is 6.77. The fourth-order valence-electron chi connectivity index (χ4n) is 0.691. The number of esters is 1. The molecule has 1 aromatic rings. The van der Waals surface area contributed by atoms with Gasteiger partial charge in [0.05, 0.1) is 12.3 Å². The molecule has 0 unspecified atom stereocenters. The van der Waals surface area contributed by atoms with Gasteiger partial charge in [-0.25, -0.2) is 0 Å². The number of nitrogen functional groups attached to an aromatic ring is 1. The molecule has 0 amide bonds. The average molecular weight is 197 g/mol. The Kier molecular flexibility index (Phi) is 5.94. The second-order valence-corrected chi connectivity index (χ2v) is 2.48. The molecular weight excluding hydrogens is 182 g/mol. The number of carbonyl (C=O) groups excluding carboxylic acids is 1. The van der Waals surface area contributed by atoms with Crippen molar-refractivity contribution in [1.82, 2.24) is 0 Å². The molecule has 0 bridgehead atoms. The zero-order valence-electron chi connectivity index (χ0n) is 8.36. The van der Waals surface area contributed by atoms with E-state index >= 15 is 0 Å². The van der Waals surface area contributed by atoms with Crippen molar-refractivity contribution in [3.8, 4) is 5.75 Å². The van der Waals surface area contributed by atoms with Gasteiger partial charge in [0.1, 0.15) is 5.75 Å². The maximum Gasteiger partial charge on any atom is 0.302 e. The molecule has 14 heavy (non-hydrogen) atoms. The topological polar surface area (TPSA) is 72.5 Å². The van der Waals surface area contributed by atoms with E-state index in [0.29, 0.717) is 12.3 Å². The summed E-state index contributed by atoms with van der Waals surface area (Å²) in [6, 6.07) is 6.70. The van der Waals surface area contributed by atoms with Crippen LogP contribution in [0.4, 0.5) is 5.69 Å². The smallest absolute Gasteiger partial charge is 0.302 e. The van der Waals surface area contributed by atoms with Crippen LogP contribution in [0.3, 0.4) is 0 Å². The van der Waals surface area contributed by atoms with Crippen molar-refractivity contribution in [2.75, 3.05) is 12.3 Å². The maximum atomic E-state index is 9.82. The molecule has 0 radical (unpaired) electrons. The third-order valence-electron chi connectivity index (χ3n) is 1.28. The molecule has 0 aliphatic carbocycles. The maximum absolute atomic E-state index is 9.82. The van der Waals surface area contributed by atoms with E-state index in [9.17, 15) is 4.79 Å². The van der Waals surface area contributed by atoms with Gasteiger partial charge in [-0.05, 0) is 19.1 Å². The first-order valence-electron chi connectivity index (χ1n) is 4.24. The summed E-state index contributed by atoms with van der Waals surface area (Å²) in [6.07, 6.45) is 0.